The van der Waals surface area contributed by atoms with Crippen molar-refractivity contribution in [2.24, 2.45) is 0 Å². The van der Waals surface area contributed by atoms with E-state index >= 15 is 0 Å². The normalized spacial score (nSPS) is 8.73. The molecule has 6 nitrogen and oxygen atoms in total. The summed E-state index contributed by atoms with van der Waals surface area (Å²) in [6.45, 7) is 6.14. The first-order valence-corrected chi connectivity index (χ1v) is 15.6. The van der Waals surface area contributed by atoms with Crippen LogP contribution in [0.15, 0.2) is 121 Å². The molecule has 5 aromatic rings. The van der Waals surface area contributed by atoms with Crippen LogP contribution in [0.3, 0.4) is 0 Å². The monoisotopic (exact) mass is 675 g/mol. The van der Waals surface area contributed by atoms with Crippen molar-refractivity contribution in [1.29, 1.82) is 0 Å². The maximum Gasteiger partial charge on any atom is 0.337 e. The molecule has 0 fully saturated rings. The molecule has 5 rings (SSSR count). The minimum Gasteiger partial charge on any atom is -0.497 e. The van der Waals surface area contributed by atoms with Crippen molar-refractivity contribution < 1.29 is 19.2 Å². The lowest BCUT2D eigenvalue weighted by Gasteiger charge is -2.04. The number of carbonyl (C=O) groups is 1. The van der Waals surface area contributed by atoms with Gasteiger partial charge in [-0.15, -0.1) is 25.7 Å². The summed E-state index contributed by atoms with van der Waals surface area (Å²) in [5.74, 6) is 10.4. The number of nitro benzene ring substituents is 1. The minimum absolute atomic E-state index is 0.0185. The third-order valence-electron chi connectivity index (χ3n) is 6.82. The molecule has 0 N–H and O–H groups in total. The number of benzene rings is 5. The number of carbonyl (C=O) groups excluding carboxylic acids is 1. The van der Waals surface area contributed by atoms with Crippen LogP contribution >= 0.6 is 0 Å². The molecule has 0 unspecified atom stereocenters. The van der Waals surface area contributed by atoms with E-state index in [1.165, 1.54) is 30.4 Å². The van der Waals surface area contributed by atoms with E-state index in [9.17, 15) is 14.9 Å². The predicted octanol–water partition coefficient (Wildman–Crippen LogP) is 9.24. The quantitative estimate of drug-likeness (QED) is 0.0822. The maximum atomic E-state index is 11.1. The molecule has 0 saturated carbocycles. The number of hydrogen-bond acceptors (Lipinski definition) is 5. The fourth-order valence-corrected chi connectivity index (χ4v) is 3.96. The highest BCUT2D eigenvalue weighted by molar-refractivity contribution is 5.89. The number of para-hydroxylation sites is 1. The molecule has 0 bridgehead atoms. The zero-order chi connectivity index (χ0) is 38.0. The van der Waals surface area contributed by atoms with Gasteiger partial charge in [-0.25, -0.2) is 4.79 Å². The van der Waals surface area contributed by atoms with E-state index in [4.69, 9.17) is 30.4 Å². The number of aryl methyl sites for hydroxylation is 3. The number of rotatable bonds is 4. The van der Waals surface area contributed by atoms with Crippen LogP contribution in [0, 0.1) is 73.3 Å². The number of esters is 1. The first-order valence-electron chi connectivity index (χ1n) is 15.6. The summed E-state index contributed by atoms with van der Waals surface area (Å²) in [7, 11) is 3.02. The van der Waals surface area contributed by atoms with Gasteiger partial charge in [0.25, 0.3) is 5.69 Å². The number of nitrogens with zero attached hydrogens (tertiary/aromatic N) is 1. The SMILES string of the molecule is C#Cc1ccc(C)cc1.C#Cc1ccc(OC)cc1.C#Cc1ccccc1.C#Cc1ccccc1[N+](=O)[O-].CCc1ccc(C(=O)OC)cc1C. The van der Waals surface area contributed by atoms with Gasteiger partial charge in [0.15, 0.2) is 0 Å². The number of hydrogen-bond donors (Lipinski definition) is 0. The van der Waals surface area contributed by atoms with Gasteiger partial charge in [-0.2, -0.15) is 0 Å². The Morgan fingerprint density at radius 1 is 0.686 bits per heavy atom. The van der Waals surface area contributed by atoms with Gasteiger partial charge >= 0.3 is 5.97 Å². The molecule has 5 aromatic carbocycles. The molecule has 0 radical (unpaired) electrons. The number of ether oxygens (including phenoxy) is 2. The van der Waals surface area contributed by atoms with Crippen LogP contribution in [0.4, 0.5) is 5.69 Å². The predicted molar refractivity (Wildman–Crippen MR) is 207 cm³/mol. The van der Waals surface area contributed by atoms with Crippen molar-refractivity contribution in [3.8, 4) is 55.1 Å². The van der Waals surface area contributed by atoms with Gasteiger partial charge in [0.05, 0.1) is 24.7 Å². The van der Waals surface area contributed by atoms with Gasteiger partial charge in [-0.3, -0.25) is 10.1 Å². The van der Waals surface area contributed by atoms with Crippen molar-refractivity contribution in [3.63, 3.8) is 0 Å². The van der Waals surface area contributed by atoms with Gasteiger partial charge in [-0.05, 0) is 98.1 Å². The highest BCUT2D eigenvalue weighted by Crippen LogP contribution is 2.15. The Morgan fingerprint density at radius 2 is 1.20 bits per heavy atom. The molecule has 6 heteroatoms. The standard InChI is InChI=1S/C11H14O2.C9H8O.C9H8.C8H5NO2.C8H6/c1-4-9-5-6-10(7-8(9)2)11(12)13-3;1-3-8-4-6-9(10-2)7-5-8;1-3-9-6-4-8(2)5-7-9;1-2-7-5-3-4-6-8(7)9(10)11;1-2-8-6-4-3-5-7-8/h5-7H,4H2,1-3H3;1,4-7H,2H3;1,4-7H,2H3;1,3-6H;1,3-7H. The molecule has 0 spiro atoms. The largest absolute Gasteiger partial charge is 0.497 e. The zero-order valence-corrected chi connectivity index (χ0v) is 29.6. The van der Waals surface area contributed by atoms with E-state index in [-0.39, 0.29) is 11.7 Å². The van der Waals surface area contributed by atoms with Crippen molar-refractivity contribution in [2.75, 3.05) is 14.2 Å². The summed E-state index contributed by atoms with van der Waals surface area (Å²) >= 11 is 0. The van der Waals surface area contributed by atoms with Gasteiger partial charge in [0, 0.05) is 22.8 Å². The molecule has 0 aliphatic heterocycles. The molecular weight excluding hydrogens is 634 g/mol. The Kier molecular flexibility index (Phi) is 19.9. The van der Waals surface area contributed by atoms with Gasteiger partial charge in [0.1, 0.15) is 11.3 Å². The second-order valence-corrected chi connectivity index (χ2v) is 10.3. The number of methoxy groups -OCH3 is 2. The van der Waals surface area contributed by atoms with Crippen LogP contribution in [0.5, 0.6) is 5.75 Å². The number of nitro groups is 1. The van der Waals surface area contributed by atoms with E-state index in [2.05, 4.69) is 35.3 Å². The molecule has 0 aliphatic carbocycles. The van der Waals surface area contributed by atoms with Crippen molar-refractivity contribution in [3.05, 3.63) is 176 Å². The van der Waals surface area contributed by atoms with E-state index in [0.717, 1.165) is 34.4 Å². The molecule has 51 heavy (non-hydrogen) atoms. The van der Waals surface area contributed by atoms with Gasteiger partial charge < -0.3 is 9.47 Å². The Bertz CT molecular complexity index is 1980. The third-order valence-corrected chi connectivity index (χ3v) is 6.82. The van der Waals surface area contributed by atoms with Crippen molar-refractivity contribution in [2.45, 2.75) is 27.2 Å². The third kappa shape index (κ3) is 16.1. The van der Waals surface area contributed by atoms with Crippen molar-refractivity contribution in [1.82, 2.24) is 0 Å². The zero-order valence-electron chi connectivity index (χ0n) is 29.6. The lowest BCUT2D eigenvalue weighted by Crippen LogP contribution is -2.02. The average molecular weight is 676 g/mol. The van der Waals surface area contributed by atoms with Crippen LogP contribution in [0.2, 0.25) is 0 Å². The summed E-state index contributed by atoms with van der Waals surface area (Å²) in [4.78, 5) is 20.9. The topological polar surface area (TPSA) is 78.7 Å². The Balaban J connectivity index is 0.000000322. The maximum absolute atomic E-state index is 11.1. The highest BCUT2D eigenvalue weighted by Gasteiger charge is 2.08. The molecule has 0 aromatic heterocycles. The molecule has 0 amide bonds. The van der Waals surface area contributed by atoms with Crippen LogP contribution in [0.1, 0.15) is 56.2 Å². The first-order chi connectivity index (χ1) is 24.6. The second kappa shape index (κ2) is 24.2. The molecule has 256 valence electrons. The Labute approximate surface area is 302 Å². The second-order valence-electron chi connectivity index (χ2n) is 10.3. The summed E-state index contributed by atoms with van der Waals surface area (Å²) in [5, 5.41) is 10.3. The molecular formula is C45H41NO5. The fraction of sp³-hybridized carbons (Fsp3) is 0.133. The van der Waals surface area contributed by atoms with Gasteiger partial charge in [0.2, 0.25) is 0 Å². The van der Waals surface area contributed by atoms with Crippen LogP contribution in [-0.4, -0.2) is 25.1 Å². The van der Waals surface area contributed by atoms with Crippen LogP contribution in [0.25, 0.3) is 0 Å². The van der Waals surface area contributed by atoms with E-state index in [0.29, 0.717) is 11.1 Å². The average Bonchev–Trinajstić information content (AvgIpc) is 3.19. The summed E-state index contributed by atoms with van der Waals surface area (Å²) in [6, 6.07) is 36.7. The first kappa shape index (κ1) is 42.0. The smallest absolute Gasteiger partial charge is 0.337 e. The Morgan fingerprint density at radius 3 is 1.61 bits per heavy atom. The van der Waals surface area contributed by atoms with E-state index in [1.54, 1.807) is 25.3 Å². The molecule has 0 aliphatic rings. The molecule has 0 saturated heterocycles. The highest BCUT2D eigenvalue weighted by atomic mass is 16.6. The van der Waals surface area contributed by atoms with E-state index < -0.39 is 4.92 Å². The number of terminal acetylenes is 4. The molecule has 0 atom stereocenters. The Hall–Kier alpha value is -6.99. The fourth-order valence-electron chi connectivity index (χ4n) is 3.96. The summed E-state index contributed by atoms with van der Waals surface area (Å²) in [6.07, 6.45) is 21.4. The summed E-state index contributed by atoms with van der Waals surface area (Å²) < 4.78 is 9.57. The minimum atomic E-state index is -0.491. The lowest BCUT2D eigenvalue weighted by molar-refractivity contribution is -0.385. The summed E-state index contributed by atoms with van der Waals surface area (Å²) in [5.41, 5.74) is 7.34. The van der Waals surface area contributed by atoms with Gasteiger partial charge in [-0.1, -0.05) is 84.7 Å². The lowest BCUT2D eigenvalue weighted by atomic mass is 10.0. The molecule has 0 heterocycles. The van der Waals surface area contributed by atoms with E-state index in [1.807, 2.05) is 105 Å². The van der Waals surface area contributed by atoms with Crippen LogP contribution in [-0.2, 0) is 11.2 Å². The van der Waals surface area contributed by atoms with Crippen molar-refractivity contribution >= 4 is 11.7 Å². The van der Waals surface area contributed by atoms with Crippen LogP contribution < -0.4 is 4.74 Å².